The van der Waals surface area contributed by atoms with Gasteiger partial charge in [0.2, 0.25) is 17.7 Å². The number of nitrogens with one attached hydrogen (secondary N) is 3. The van der Waals surface area contributed by atoms with Crippen LogP contribution in [0.25, 0.3) is 0 Å². The van der Waals surface area contributed by atoms with Crippen molar-refractivity contribution in [3.63, 3.8) is 0 Å². The summed E-state index contributed by atoms with van der Waals surface area (Å²) < 4.78 is 0. The molecule has 94 heavy (non-hydrogen) atoms. The fourth-order valence-corrected chi connectivity index (χ4v) is 17.2. The molecule has 10 atom stereocenters. The second kappa shape index (κ2) is 60.9. The summed E-state index contributed by atoms with van der Waals surface area (Å²) in [6.07, 6.45) is 78.1. The van der Waals surface area contributed by atoms with E-state index in [0.29, 0.717) is 43.8 Å². The van der Waals surface area contributed by atoms with E-state index < -0.39 is 0 Å². The third-order valence-electron chi connectivity index (χ3n) is 23.3. The zero-order chi connectivity index (χ0) is 67.6. The number of rotatable bonds is 65. The van der Waals surface area contributed by atoms with Crippen LogP contribution in [0, 0.1) is 29.6 Å². The van der Waals surface area contributed by atoms with Crippen LogP contribution >= 0.6 is 0 Å². The highest BCUT2D eigenvalue weighted by Gasteiger charge is 2.36. The minimum absolute atomic E-state index is 0. The van der Waals surface area contributed by atoms with Gasteiger partial charge in [0, 0.05) is 51.7 Å². The molecule has 0 aromatic carbocycles. The lowest BCUT2D eigenvalue weighted by Gasteiger charge is -2.42. The highest BCUT2D eigenvalue weighted by molar-refractivity contribution is 5.79. The number of carbonyl (C=O) groups is 4. The van der Waals surface area contributed by atoms with E-state index in [1.54, 1.807) is 0 Å². The molecule has 0 aromatic heterocycles. The molecule has 0 radical (unpaired) electrons. The van der Waals surface area contributed by atoms with Gasteiger partial charge in [0.1, 0.15) is 5.78 Å². The average Bonchev–Trinajstić information content (AvgIpc) is 0.930. The Bertz CT molecular complexity index is 1640. The highest BCUT2D eigenvalue weighted by Crippen LogP contribution is 2.47. The summed E-state index contributed by atoms with van der Waals surface area (Å²) in [4.78, 5) is 53.2. The quantitative estimate of drug-likeness (QED) is 0.0384. The molecule has 3 aliphatic carbocycles. The van der Waals surface area contributed by atoms with Gasteiger partial charge >= 0.3 is 0 Å². The number of aliphatic hydroxyl groups is 2. The molecular weight excluding hydrogens is 1160 g/mol. The molecule has 554 valence electrons. The van der Waals surface area contributed by atoms with Gasteiger partial charge < -0.3 is 26.2 Å². The number of carbonyl (C=O) groups excluding carboxylic acids is 4. The summed E-state index contributed by atoms with van der Waals surface area (Å²) in [5.74, 6) is 4.61. The van der Waals surface area contributed by atoms with Crippen molar-refractivity contribution in [2.45, 2.75) is 488 Å². The molecule has 3 saturated carbocycles. The average molecular weight is 1320 g/mol. The minimum Gasteiger partial charge on any atom is -0.393 e. The predicted molar refractivity (Wildman–Crippen MR) is 404 cm³/mol. The molecule has 0 spiro atoms. The number of ketones is 1. The lowest BCUT2D eigenvalue weighted by atomic mass is 9.63. The van der Waals surface area contributed by atoms with Crippen molar-refractivity contribution in [1.29, 1.82) is 0 Å². The molecule has 5 N–H and O–H groups in total. The standard InChI is InChI=1S/C85H161N3O6.H2/c1-5-9-13-17-27-37-53-72-69-74(55-39-33-35-47-66-83(92)86-80-63-50-49-57-76(80)71-79(91)62-45-31-25-20-19-23-29-43-60-77(89)58-41-15-11-7-3)75(70-73(72)54-38-28-18-14-10-6-2)56-40-34-36-48-68-85(94)88-82-65-52-51-64-81(82)87-84(93)67-46-32-26-22-21-24-30-44-61-78(90)59-42-16-12-8-4;/h72-78,80-82,89-90H,5-71H2,1-4H3,(H,86,92)(H,87,93)(H,88,94);1H/t72?,73?,74?,75?,76-,77?,78?,80+,81-,82-;/m0./s1. The second-order valence-electron chi connectivity index (χ2n) is 31.9. The lowest BCUT2D eigenvalue weighted by Crippen LogP contribution is -2.53. The first-order chi connectivity index (χ1) is 46.1. The van der Waals surface area contributed by atoms with Gasteiger partial charge in [-0.25, -0.2) is 0 Å². The second-order valence-corrected chi connectivity index (χ2v) is 31.9. The first kappa shape index (κ1) is 86.2. The number of hydrogen-bond acceptors (Lipinski definition) is 6. The van der Waals surface area contributed by atoms with Gasteiger partial charge in [-0.05, 0) is 119 Å². The van der Waals surface area contributed by atoms with Crippen molar-refractivity contribution < 1.29 is 30.8 Å². The predicted octanol–water partition coefficient (Wildman–Crippen LogP) is 24.3. The van der Waals surface area contributed by atoms with E-state index in [1.807, 2.05) is 0 Å². The number of aliphatic hydroxyl groups excluding tert-OH is 2. The Morgan fingerprint density at radius 1 is 0.298 bits per heavy atom. The molecule has 0 bridgehead atoms. The van der Waals surface area contributed by atoms with Gasteiger partial charge in [-0.3, -0.25) is 19.2 Å². The molecule has 9 nitrogen and oxygen atoms in total. The first-order valence-corrected chi connectivity index (χ1v) is 42.8. The minimum atomic E-state index is -0.113. The molecular formula is C85H163N3O6. The highest BCUT2D eigenvalue weighted by atomic mass is 16.3. The summed E-state index contributed by atoms with van der Waals surface area (Å²) >= 11 is 0. The van der Waals surface area contributed by atoms with E-state index in [4.69, 9.17) is 0 Å². The van der Waals surface area contributed by atoms with Crippen molar-refractivity contribution in [3.05, 3.63) is 0 Å². The zero-order valence-corrected chi connectivity index (χ0v) is 63.2. The molecule has 0 heterocycles. The molecule has 0 aromatic rings. The third-order valence-corrected chi connectivity index (χ3v) is 23.3. The van der Waals surface area contributed by atoms with Crippen LogP contribution < -0.4 is 16.0 Å². The van der Waals surface area contributed by atoms with Gasteiger partial charge in [0.15, 0.2) is 0 Å². The van der Waals surface area contributed by atoms with Crippen molar-refractivity contribution in [2.24, 2.45) is 29.6 Å². The Hall–Kier alpha value is -2.00. The van der Waals surface area contributed by atoms with Gasteiger partial charge in [0.25, 0.3) is 0 Å². The SMILES string of the molecule is CCCCCCCCC1CC(CCCCCCC(=O)N[C@H]2CCCC[C@@H]2NC(=O)CCCCCCCCCCC(O)CCCCCC)C(CCCCCCC(=O)N[C@@H]2CCCC[C@H]2CC(=O)CCCCCCCCCCC(O)CCCCCC)CC1CCCCCCCC.[HH]. The van der Waals surface area contributed by atoms with Crippen molar-refractivity contribution >= 4 is 23.5 Å². The smallest absolute Gasteiger partial charge is 0.220 e. The van der Waals surface area contributed by atoms with Crippen LogP contribution in [0.4, 0.5) is 0 Å². The maximum atomic E-state index is 13.5. The molecule has 3 fully saturated rings. The van der Waals surface area contributed by atoms with Crippen molar-refractivity contribution in [3.8, 4) is 0 Å². The largest absolute Gasteiger partial charge is 0.393 e. The molecule has 0 saturated heterocycles. The number of hydrogen-bond donors (Lipinski definition) is 5. The van der Waals surface area contributed by atoms with Crippen LogP contribution in [0.1, 0.15) is 459 Å². The third kappa shape index (κ3) is 46.4. The first-order valence-electron chi connectivity index (χ1n) is 42.8. The lowest BCUT2D eigenvalue weighted by molar-refractivity contribution is -0.125. The van der Waals surface area contributed by atoms with Gasteiger partial charge in [-0.1, -0.05) is 336 Å². The van der Waals surface area contributed by atoms with Crippen LogP contribution in [0.2, 0.25) is 0 Å². The molecule has 3 rings (SSSR count). The van der Waals surface area contributed by atoms with Crippen LogP contribution in [-0.4, -0.2) is 64.1 Å². The van der Waals surface area contributed by atoms with E-state index in [0.717, 1.165) is 171 Å². The number of amides is 3. The fraction of sp³-hybridized carbons (Fsp3) is 0.953. The van der Waals surface area contributed by atoms with Gasteiger partial charge in [-0.2, -0.15) is 0 Å². The molecule has 9 heteroatoms. The number of unbranched alkanes of at least 4 members (excludes halogenated alkanes) is 36. The van der Waals surface area contributed by atoms with E-state index in [-0.39, 0.29) is 49.5 Å². The van der Waals surface area contributed by atoms with Crippen molar-refractivity contribution in [1.82, 2.24) is 16.0 Å². The van der Waals surface area contributed by atoms with E-state index in [9.17, 15) is 29.4 Å². The Morgan fingerprint density at radius 3 is 0.872 bits per heavy atom. The Kier molecular flexibility index (Phi) is 55.9. The maximum Gasteiger partial charge on any atom is 0.220 e. The summed E-state index contributed by atoms with van der Waals surface area (Å²) in [5.41, 5.74) is 0. The van der Waals surface area contributed by atoms with Crippen LogP contribution in [0.3, 0.4) is 0 Å². The van der Waals surface area contributed by atoms with Gasteiger partial charge in [0.05, 0.1) is 12.2 Å². The van der Waals surface area contributed by atoms with E-state index >= 15 is 0 Å². The van der Waals surface area contributed by atoms with Crippen molar-refractivity contribution in [2.75, 3.05) is 0 Å². The Morgan fingerprint density at radius 2 is 0.543 bits per heavy atom. The number of Topliss-reactive ketones (excluding diaryl/α,β-unsaturated/α-hetero) is 1. The molecule has 0 aliphatic heterocycles. The van der Waals surface area contributed by atoms with E-state index in [1.165, 1.54) is 250 Å². The van der Waals surface area contributed by atoms with Crippen LogP contribution in [0.5, 0.6) is 0 Å². The Labute approximate surface area is 585 Å². The molecule has 3 aliphatic rings. The normalized spacial score (nSPS) is 21.5. The van der Waals surface area contributed by atoms with Crippen LogP contribution in [-0.2, 0) is 19.2 Å². The topological polar surface area (TPSA) is 145 Å². The molecule has 3 amide bonds. The molecule has 6 unspecified atom stereocenters. The van der Waals surface area contributed by atoms with Gasteiger partial charge in [-0.15, -0.1) is 0 Å². The summed E-state index contributed by atoms with van der Waals surface area (Å²) in [5, 5.41) is 30.7. The fourth-order valence-electron chi connectivity index (χ4n) is 17.2. The van der Waals surface area contributed by atoms with Crippen LogP contribution in [0.15, 0.2) is 0 Å². The van der Waals surface area contributed by atoms with E-state index in [2.05, 4.69) is 43.6 Å². The monoisotopic (exact) mass is 1320 g/mol. The summed E-state index contributed by atoms with van der Waals surface area (Å²) in [6, 6.07) is 0.255. The summed E-state index contributed by atoms with van der Waals surface area (Å²) in [7, 11) is 0. The summed E-state index contributed by atoms with van der Waals surface area (Å²) in [6.45, 7) is 9.12. The Balaban J connectivity index is 0.0000307. The maximum absolute atomic E-state index is 13.5. The zero-order valence-electron chi connectivity index (χ0n) is 63.2.